The first-order valence-electron chi connectivity index (χ1n) is 9.65. The number of aromatic nitrogens is 2. The zero-order chi connectivity index (χ0) is 21.8. The minimum absolute atomic E-state index is 0.00919. The summed E-state index contributed by atoms with van der Waals surface area (Å²) in [5.41, 5.74) is 2.57. The monoisotopic (exact) mass is 487 g/mol. The number of rotatable bonds is 7. The lowest BCUT2D eigenvalue weighted by Crippen LogP contribution is -2.30. The van der Waals surface area contributed by atoms with Crippen LogP contribution in [0, 0.1) is 6.92 Å². The fourth-order valence-corrected chi connectivity index (χ4v) is 5.20. The molecular formula is C23H19Cl2N3OS2. The van der Waals surface area contributed by atoms with Crippen LogP contribution in [0.3, 0.4) is 0 Å². The van der Waals surface area contributed by atoms with Gasteiger partial charge in [-0.3, -0.25) is 14.7 Å². The summed E-state index contributed by atoms with van der Waals surface area (Å²) in [5.74, 6) is 0.671. The molecule has 0 saturated heterocycles. The summed E-state index contributed by atoms with van der Waals surface area (Å²) in [6.45, 7) is 2.32. The Labute approximate surface area is 199 Å². The summed E-state index contributed by atoms with van der Waals surface area (Å²) in [7, 11) is 0. The van der Waals surface area contributed by atoms with Gasteiger partial charge < -0.3 is 0 Å². The standard InChI is InChI=1S/C23H19Cl2N3OS2/c1-15-19(25)9-10-20-22(15)27-23(31-20)28(14-17-4-2-3-12-26-17)21(29)11-13-30-18-7-5-16(24)6-8-18/h2-10,12H,11,13-14H2,1H3. The zero-order valence-corrected chi connectivity index (χ0v) is 19.9. The summed E-state index contributed by atoms with van der Waals surface area (Å²) in [6, 6.07) is 17.2. The van der Waals surface area contributed by atoms with Gasteiger partial charge >= 0.3 is 0 Å². The van der Waals surface area contributed by atoms with Gasteiger partial charge in [-0.05, 0) is 61.0 Å². The molecule has 4 aromatic rings. The molecule has 0 aliphatic rings. The minimum Gasteiger partial charge on any atom is -0.282 e. The SMILES string of the molecule is Cc1c(Cl)ccc2sc(N(Cc3ccccn3)C(=O)CCSc3ccc(Cl)cc3)nc12. The van der Waals surface area contributed by atoms with Crippen molar-refractivity contribution in [1.82, 2.24) is 9.97 Å². The maximum absolute atomic E-state index is 13.2. The molecule has 0 fully saturated rings. The smallest absolute Gasteiger partial charge is 0.229 e. The average Bonchev–Trinajstić information content (AvgIpc) is 3.21. The lowest BCUT2D eigenvalue weighted by Gasteiger charge is -2.19. The summed E-state index contributed by atoms with van der Waals surface area (Å²) in [4.78, 5) is 25.2. The molecular weight excluding hydrogens is 469 g/mol. The highest BCUT2D eigenvalue weighted by Crippen LogP contribution is 2.34. The number of fused-ring (bicyclic) bond motifs is 1. The van der Waals surface area contributed by atoms with E-state index in [1.54, 1.807) is 22.9 Å². The van der Waals surface area contributed by atoms with Crippen LogP contribution in [0.15, 0.2) is 65.7 Å². The summed E-state index contributed by atoms with van der Waals surface area (Å²) < 4.78 is 1.01. The molecule has 0 unspecified atom stereocenters. The van der Waals surface area contributed by atoms with Gasteiger partial charge in [-0.15, -0.1) is 11.8 Å². The number of halogens is 2. The van der Waals surface area contributed by atoms with E-state index < -0.39 is 0 Å². The van der Waals surface area contributed by atoms with Crippen molar-refractivity contribution in [2.24, 2.45) is 0 Å². The van der Waals surface area contributed by atoms with Gasteiger partial charge in [-0.2, -0.15) is 0 Å². The molecule has 2 aromatic carbocycles. The van der Waals surface area contributed by atoms with Crippen LogP contribution in [-0.2, 0) is 11.3 Å². The second-order valence-corrected chi connectivity index (χ2v) is 9.89. The molecule has 1 amide bonds. The molecule has 0 bridgehead atoms. The minimum atomic E-state index is 0.00919. The molecule has 0 aliphatic heterocycles. The molecule has 0 spiro atoms. The Morgan fingerprint density at radius 1 is 1.10 bits per heavy atom. The van der Waals surface area contributed by atoms with Crippen LogP contribution >= 0.6 is 46.3 Å². The molecule has 4 rings (SSSR count). The van der Waals surface area contributed by atoms with Gasteiger partial charge in [0.2, 0.25) is 5.91 Å². The van der Waals surface area contributed by atoms with E-state index in [1.165, 1.54) is 11.3 Å². The first-order valence-corrected chi connectivity index (χ1v) is 12.2. The van der Waals surface area contributed by atoms with E-state index >= 15 is 0 Å². The third kappa shape index (κ3) is 5.39. The highest BCUT2D eigenvalue weighted by atomic mass is 35.5. The second-order valence-electron chi connectivity index (χ2n) is 6.87. The number of hydrogen-bond acceptors (Lipinski definition) is 5. The summed E-state index contributed by atoms with van der Waals surface area (Å²) in [5, 5.41) is 2.03. The number of aryl methyl sites for hydroxylation is 1. The van der Waals surface area contributed by atoms with E-state index in [4.69, 9.17) is 28.2 Å². The maximum Gasteiger partial charge on any atom is 0.229 e. The molecule has 8 heteroatoms. The number of hydrogen-bond donors (Lipinski definition) is 0. The fourth-order valence-electron chi connectivity index (χ4n) is 3.04. The van der Waals surface area contributed by atoms with Crippen LogP contribution in [0.5, 0.6) is 0 Å². The molecule has 4 nitrogen and oxygen atoms in total. The van der Waals surface area contributed by atoms with Gasteiger partial charge in [-0.1, -0.05) is 40.6 Å². The number of thioether (sulfide) groups is 1. The quantitative estimate of drug-likeness (QED) is 0.262. The van der Waals surface area contributed by atoms with E-state index in [-0.39, 0.29) is 5.91 Å². The van der Waals surface area contributed by atoms with Crippen molar-refractivity contribution in [3.05, 3.63) is 82.1 Å². The van der Waals surface area contributed by atoms with Crippen molar-refractivity contribution in [3.8, 4) is 0 Å². The van der Waals surface area contributed by atoms with Crippen molar-refractivity contribution >= 4 is 67.6 Å². The third-order valence-electron chi connectivity index (χ3n) is 4.71. The number of nitrogens with zero attached hydrogens (tertiary/aromatic N) is 3. The van der Waals surface area contributed by atoms with Gasteiger partial charge in [0, 0.05) is 33.3 Å². The molecule has 0 saturated carbocycles. The number of carbonyl (C=O) groups is 1. The first kappa shape index (κ1) is 22.1. The van der Waals surface area contributed by atoms with Crippen molar-refractivity contribution in [2.45, 2.75) is 24.8 Å². The maximum atomic E-state index is 13.2. The average molecular weight is 488 g/mol. The largest absolute Gasteiger partial charge is 0.282 e. The van der Waals surface area contributed by atoms with Crippen LogP contribution in [-0.4, -0.2) is 21.6 Å². The number of pyridine rings is 1. The Balaban J connectivity index is 1.56. The van der Waals surface area contributed by atoms with E-state index in [0.29, 0.717) is 33.9 Å². The number of benzene rings is 2. The van der Waals surface area contributed by atoms with Gasteiger partial charge in [0.25, 0.3) is 0 Å². The Morgan fingerprint density at radius 2 is 1.90 bits per heavy atom. The summed E-state index contributed by atoms with van der Waals surface area (Å²) >= 11 is 15.3. The number of amides is 1. The fraction of sp³-hybridized carbons (Fsp3) is 0.174. The molecule has 31 heavy (non-hydrogen) atoms. The highest BCUT2D eigenvalue weighted by Gasteiger charge is 2.21. The predicted octanol–water partition coefficient (Wildman–Crippen LogP) is 7.02. The van der Waals surface area contributed by atoms with Crippen LogP contribution in [0.25, 0.3) is 10.2 Å². The van der Waals surface area contributed by atoms with Crippen LogP contribution in [0.1, 0.15) is 17.7 Å². The molecule has 158 valence electrons. The van der Waals surface area contributed by atoms with Gasteiger partial charge in [-0.25, -0.2) is 4.98 Å². The molecule has 0 radical (unpaired) electrons. The van der Waals surface area contributed by atoms with Gasteiger partial charge in [0.05, 0.1) is 22.5 Å². The van der Waals surface area contributed by atoms with Crippen molar-refractivity contribution < 1.29 is 4.79 Å². The van der Waals surface area contributed by atoms with Crippen LogP contribution < -0.4 is 4.90 Å². The van der Waals surface area contributed by atoms with E-state index in [2.05, 4.69) is 4.98 Å². The molecule has 0 atom stereocenters. The highest BCUT2D eigenvalue weighted by molar-refractivity contribution is 7.99. The Kier molecular flexibility index (Phi) is 7.13. The lowest BCUT2D eigenvalue weighted by atomic mass is 10.2. The van der Waals surface area contributed by atoms with Crippen LogP contribution in [0.2, 0.25) is 10.0 Å². The molecule has 2 aromatic heterocycles. The van der Waals surface area contributed by atoms with Crippen molar-refractivity contribution in [1.29, 1.82) is 0 Å². The van der Waals surface area contributed by atoms with E-state index in [1.807, 2.05) is 61.5 Å². The van der Waals surface area contributed by atoms with Crippen molar-refractivity contribution in [2.75, 3.05) is 10.7 Å². The normalized spacial score (nSPS) is 11.1. The molecule has 0 N–H and O–H groups in total. The van der Waals surface area contributed by atoms with Crippen LogP contribution in [0.4, 0.5) is 5.13 Å². The second kappa shape index (κ2) is 10.0. The van der Waals surface area contributed by atoms with E-state index in [0.717, 1.165) is 26.4 Å². The van der Waals surface area contributed by atoms with E-state index in [9.17, 15) is 4.79 Å². The topological polar surface area (TPSA) is 46.1 Å². The summed E-state index contributed by atoms with van der Waals surface area (Å²) in [6.07, 6.45) is 2.12. The molecule has 0 aliphatic carbocycles. The number of carbonyl (C=O) groups excluding carboxylic acids is 1. The lowest BCUT2D eigenvalue weighted by molar-refractivity contribution is -0.118. The zero-order valence-electron chi connectivity index (χ0n) is 16.7. The number of thiazole rings is 1. The number of anilines is 1. The van der Waals surface area contributed by atoms with Gasteiger partial charge in [0.1, 0.15) is 0 Å². The third-order valence-corrected chi connectivity index (χ3v) is 7.43. The van der Waals surface area contributed by atoms with Crippen molar-refractivity contribution in [3.63, 3.8) is 0 Å². The first-order chi connectivity index (χ1) is 15.0. The Morgan fingerprint density at radius 3 is 2.65 bits per heavy atom. The Hall–Kier alpha value is -2.12. The van der Waals surface area contributed by atoms with Gasteiger partial charge in [0.15, 0.2) is 5.13 Å². The predicted molar refractivity (Wildman–Crippen MR) is 132 cm³/mol. The Bertz CT molecular complexity index is 1200. The molecule has 2 heterocycles.